The molecule has 1 heterocycles. The minimum absolute atomic E-state index is 0.0313. The first kappa shape index (κ1) is 14.3. The lowest BCUT2D eigenvalue weighted by Crippen LogP contribution is -2.25. The van der Waals surface area contributed by atoms with Crippen LogP contribution in [0.2, 0.25) is 0 Å². The van der Waals surface area contributed by atoms with Crippen molar-refractivity contribution < 1.29 is 23.5 Å². The van der Waals surface area contributed by atoms with Gasteiger partial charge in [-0.05, 0) is 26.3 Å². The van der Waals surface area contributed by atoms with Gasteiger partial charge in [0.05, 0.1) is 5.41 Å². The van der Waals surface area contributed by atoms with Crippen LogP contribution in [0.4, 0.5) is 0 Å². The highest BCUT2D eigenvalue weighted by Gasteiger charge is 2.27. The van der Waals surface area contributed by atoms with Crippen LogP contribution < -0.4 is 4.74 Å². The van der Waals surface area contributed by atoms with Crippen molar-refractivity contribution in [2.75, 3.05) is 0 Å². The van der Waals surface area contributed by atoms with Crippen LogP contribution in [0.15, 0.2) is 16.5 Å². The fraction of sp³-hybridized carbons (Fsp3) is 0.538. The van der Waals surface area contributed by atoms with Crippen molar-refractivity contribution in [3.05, 3.63) is 17.9 Å². The number of hydrogen-bond acceptors (Lipinski definition) is 5. The Morgan fingerprint density at radius 1 is 1.33 bits per heavy atom. The van der Waals surface area contributed by atoms with Gasteiger partial charge in [0.15, 0.2) is 0 Å². The first-order valence-corrected chi connectivity index (χ1v) is 5.79. The summed E-state index contributed by atoms with van der Waals surface area (Å²) in [7, 11) is 0. The molecule has 0 aliphatic rings. The molecule has 0 saturated heterocycles. The zero-order chi connectivity index (χ0) is 13.8. The lowest BCUT2D eigenvalue weighted by atomic mass is 9.91. The van der Waals surface area contributed by atoms with Crippen molar-refractivity contribution in [3.8, 4) is 5.95 Å². The second-order valence-corrected chi connectivity index (χ2v) is 4.63. The van der Waals surface area contributed by atoms with Gasteiger partial charge in [0.1, 0.15) is 12.4 Å². The first-order valence-electron chi connectivity index (χ1n) is 5.79. The minimum Gasteiger partial charge on any atom is -0.457 e. The van der Waals surface area contributed by atoms with Crippen LogP contribution in [-0.4, -0.2) is 11.9 Å². The second kappa shape index (κ2) is 5.71. The van der Waals surface area contributed by atoms with Crippen molar-refractivity contribution in [2.24, 2.45) is 5.41 Å². The molecule has 1 rings (SSSR count). The standard InChI is InChI=1S/C13H18O5/c1-5-13(3,4)12(15)16-8-10-6-7-11(18-10)17-9(2)14/h6-7H,5,8H2,1-4H3. The zero-order valence-corrected chi connectivity index (χ0v) is 11.1. The number of esters is 2. The summed E-state index contributed by atoms with van der Waals surface area (Å²) in [5.74, 6) is -0.203. The predicted molar refractivity (Wildman–Crippen MR) is 63.9 cm³/mol. The van der Waals surface area contributed by atoms with Crippen LogP contribution >= 0.6 is 0 Å². The number of furan rings is 1. The van der Waals surface area contributed by atoms with Crippen LogP contribution in [0, 0.1) is 5.41 Å². The topological polar surface area (TPSA) is 65.7 Å². The monoisotopic (exact) mass is 254 g/mol. The molecule has 0 bridgehead atoms. The lowest BCUT2D eigenvalue weighted by Gasteiger charge is -2.19. The highest BCUT2D eigenvalue weighted by molar-refractivity contribution is 5.75. The predicted octanol–water partition coefficient (Wildman–Crippen LogP) is 2.68. The molecule has 0 unspecified atom stereocenters. The second-order valence-electron chi connectivity index (χ2n) is 4.63. The quantitative estimate of drug-likeness (QED) is 0.756. The molecule has 0 saturated carbocycles. The van der Waals surface area contributed by atoms with E-state index in [1.807, 2.05) is 20.8 Å². The lowest BCUT2D eigenvalue weighted by molar-refractivity contribution is -0.156. The van der Waals surface area contributed by atoms with E-state index in [4.69, 9.17) is 13.9 Å². The Kier molecular flexibility index (Phi) is 4.53. The molecule has 0 aliphatic carbocycles. The maximum absolute atomic E-state index is 11.7. The SMILES string of the molecule is CCC(C)(C)C(=O)OCc1ccc(OC(C)=O)o1. The Morgan fingerprint density at radius 3 is 2.56 bits per heavy atom. The molecule has 5 nitrogen and oxygen atoms in total. The van der Waals surface area contributed by atoms with Gasteiger partial charge in [-0.3, -0.25) is 9.59 Å². The van der Waals surface area contributed by atoms with E-state index in [1.54, 1.807) is 6.07 Å². The third-order valence-corrected chi connectivity index (χ3v) is 2.66. The Morgan fingerprint density at radius 2 is 2.00 bits per heavy atom. The Bertz CT molecular complexity index is 430. The summed E-state index contributed by atoms with van der Waals surface area (Å²) in [4.78, 5) is 22.4. The fourth-order valence-corrected chi connectivity index (χ4v) is 1.11. The van der Waals surface area contributed by atoms with Gasteiger partial charge in [0.25, 0.3) is 5.95 Å². The highest BCUT2D eigenvalue weighted by atomic mass is 16.6. The molecule has 100 valence electrons. The van der Waals surface area contributed by atoms with E-state index in [0.717, 1.165) is 0 Å². The maximum atomic E-state index is 11.7. The largest absolute Gasteiger partial charge is 0.457 e. The maximum Gasteiger partial charge on any atom is 0.311 e. The van der Waals surface area contributed by atoms with E-state index in [2.05, 4.69) is 0 Å². The summed E-state index contributed by atoms with van der Waals surface area (Å²) in [6.45, 7) is 6.88. The van der Waals surface area contributed by atoms with Gasteiger partial charge in [-0.25, -0.2) is 0 Å². The molecule has 0 aliphatic heterocycles. The Hall–Kier alpha value is -1.78. The molecule has 1 aromatic heterocycles. The van der Waals surface area contributed by atoms with Gasteiger partial charge in [0, 0.05) is 13.0 Å². The normalized spacial score (nSPS) is 11.1. The van der Waals surface area contributed by atoms with Crippen molar-refractivity contribution in [1.29, 1.82) is 0 Å². The summed E-state index contributed by atoms with van der Waals surface area (Å²) >= 11 is 0. The van der Waals surface area contributed by atoms with E-state index in [1.165, 1.54) is 13.0 Å². The van der Waals surface area contributed by atoms with Crippen LogP contribution in [0.5, 0.6) is 5.95 Å². The van der Waals surface area contributed by atoms with Crippen LogP contribution in [0.1, 0.15) is 39.9 Å². The molecule has 0 aromatic carbocycles. The van der Waals surface area contributed by atoms with Crippen LogP contribution in [-0.2, 0) is 20.9 Å². The van der Waals surface area contributed by atoms with Gasteiger partial charge in [-0.2, -0.15) is 0 Å². The zero-order valence-electron chi connectivity index (χ0n) is 11.1. The number of ether oxygens (including phenoxy) is 2. The highest BCUT2D eigenvalue weighted by Crippen LogP contribution is 2.23. The molecular formula is C13H18O5. The van der Waals surface area contributed by atoms with E-state index >= 15 is 0 Å². The number of hydrogen-bond donors (Lipinski definition) is 0. The number of rotatable bonds is 5. The smallest absolute Gasteiger partial charge is 0.311 e. The van der Waals surface area contributed by atoms with Crippen molar-refractivity contribution in [2.45, 2.75) is 40.7 Å². The third-order valence-electron chi connectivity index (χ3n) is 2.66. The molecule has 0 spiro atoms. The first-order chi connectivity index (χ1) is 8.35. The molecule has 1 aromatic rings. The molecule has 0 radical (unpaired) electrons. The molecular weight excluding hydrogens is 236 g/mol. The average molecular weight is 254 g/mol. The Balaban J connectivity index is 2.51. The van der Waals surface area contributed by atoms with Crippen molar-refractivity contribution in [1.82, 2.24) is 0 Å². The van der Waals surface area contributed by atoms with Gasteiger partial charge < -0.3 is 13.9 Å². The molecule has 0 amide bonds. The van der Waals surface area contributed by atoms with E-state index < -0.39 is 11.4 Å². The van der Waals surface area contributed by atoms with E-state index in [9.17, 15) is 9.59 Å². The van der Waals surface area contributed by atoms with Gasteiger partial charge >= 0.3 is 11.9 Å². The average Bonchev–Trinajstić information content (AvgIpc) is 2.72. The summed E-state index contributed by atoms with van der Waals surface area (Å²) in [5.41, 5.74) is -0.509. The van der Waals surface area contributed by atoms with Crippen molar-refractivity contribution in [3.63, 3.8) is 0 Å². The molecule has 0 atom stereocenters. The van der Waals surface area contributed by atoms with E-state index in [0.29, 0.717) is 12.2 Å². The summed E-state index contributed by atoms with van der Waals surface area (Å²) in [6.07, 6.45) is 0.697. The van der Waals surface area contributed by atoms with Gasteiger partial charge in [-0.1, -0.05) is 6.92 Å². The molecule has 0 N–H and O–H groups in total. The molecule has 0 fully saturated rings. The molecule has 5 heteroatoms. The van der Waals surface area contributed by atoms with Crippen LogP contribution in [0.3, 0.4) is 0 Å². The summed E-state index contributed by atoms with van der Waals surface area (Å²) in [5, 5.41) is 0. The van der Waals surface area contributed by atoms with E-state index in [-0.39, 0.29) is 18.5 Å². The minimum atomic E-state index is -0.509. The molecule has 18 heavy (non-hydrogen) atoms. The number of carbonyl (C=O) groups excluding carboxylic acids is 2. The third kappa shape index (κ3) is 3.91. The fourth-order valence-electron chi connectivity index (χ4n) is 1.11. The van der Waals surface area contributed by atoms with Crippen LogP contribution in [0.25, 0.3) is 0 Å². The summed E-state index contributed by atoms with van der Waals surface area (Å²) in [6, 6.07) is 3.11. The number of carbonyl (C=O) groups is 2. The van der Waals surface area contributed by atoms with Gasteiger partial charge in [-0.15, -0.1) is 0 Å². The van der Waals surface area contributed by atoms with Crippen molar-refractivity contribution >= 4 is 11.9 Å². The summed E-state index contributed by atoms with van der Waals surface area (Å²) < 4.78 is 15.0. The van der Waals surface area contributed by atoms with Gasteiger partial charge in [0.2, 0.25) is 0 Å². The Labute approximate surface area is 106 Å².